The summed E-state index contributed by atoms with van der Waals surface area (Å²) in [6.07, 6.45) is 8.25. The van der Waals surface area contributed by atoms with Crippen LogP contribution in [0.3, 0.4) is 0 Å². The van der Waals surface area contributed by atoms with Gasteiger partial charge in [0.2, 0.25) is 5.91 Å². The maximum atomic E-state index is 12.6. The van der Waals surface area contributed by atoms with Crippen LogP contribution in [0.1, 0.15) is 132 Å². The lowest BCUT2D eigenvalue weighted by molar-refractivity contribution is -0.144. The number of carbonyl (C=O) groups excluding carboxylic acids is 4. The molecule has 14 nitrogen and oxygen atoms in total. The van der Waals surface area contributed by atoms with Crippen molar-refractivity contribution >= 4 is 57.4 Å². The van der Waals surface area contributed by atoms with Crippen molar-refractivity contribution in [2.45, 2.75) is 129 Å². The molecule has 0 fully saturated rings. The van der Waals surface area contributed by atoms with Gasteiger partial charge in [-0.1, -0.05) is 53.7 Å². The number of carboxylic acids is 2. The van der Waals surface area contributed by atoms with Crippen LogP contribution in [0.5, 0.6) is 0 Å². The van der Waals surface area contributed by atoms with E-state index in [0.717, 1.165) is 35.7 Å². The second-order valence-electron chi connectivity index (χ2n) is 12.8. The number of aliphatic carboxylic acids is 2. The molecule has 0 bridgehead atoms. The van der Waals surface area contributed by atoms with E-state index in [-0.39, 0.29) is 48.9 Å². The summed E-state index contributed by atoms with van der Waals surface area (Å²) in [6, 6.07) is 5.00. The van der Waals surface area contributed by atoms with Crippen molar-refractivity contribution in [3.63, 3.8) is 0 Å². The smallest absolute Gasteiger partial charge is 0.407 e. The molecular formula is C36H56BrN5O9. The van der Waals surface area contributed by atoms with E-state index in [4.69, 9.17) is 21.3 Å². The van der Waals surface area contributed by atoms with Gasteiger partial charge in [0.1, 0.15) is 5.78 Å². The molecule has 1 rings (SSSR count). The number of nitrogens with zero attached hydrogens (tertiary/aromatic N) is 1. The van der Waals surface area contributed by atoms with E-state index >= 15 is 0 Å². The molecule has 0 aliphatic rings. The fourth-order valence-corrected chi connectivity index (χ4v) is 5.72. The van der Waals surface area contributed by atoms with Crippen molar-refractivity contribution in [1.29, 1.82) is 0 Å². The van der Waals surface area contributed by atoms with Crippen LogP contribution in [0.2, 0.25) is 0 Å². The Morgan fingerprint density at radius 2 is 1.51 bits per heavy atom. The maximum absolute atomic E-state index is 12.6. The van der Waals surface area contributed by atoms with Crippen LogP contribution < -0.4 is 22.1 Å². The highest BCUT2D eigenvalue weighted by molar-refractivity contribution is 9.10. The van der Waals surface area contributed by atoms with Crippen molar-refractivity contribution in [1.82, 2.24) is 10.6 Å². The highest BCUT2D eigenvalue weighted by atomic mass is 76.9. The summed E-state index contributed by atoms with van der Waals surface area (Å²) >= 11 is 3.45. The fourth-order valence-electron chi connectivity index (χ4n) is 5.21. The van der Waals surface area contributed by atoms with E-state index < -0.39 is 23.9 Å². The third kappa shape index (κ3) is 23.2. The Hall–Kier alpha value is -4.01. The van der Waals surface area contributed by atoms with E-state index in [1.807, 2.05) is 0 Å². The number of Topliss-reactive ketones (excluding diaryl/α,β-unsaturated/α-hetero) is 2. The third-order valence-corrected chi connectivity index (χ3v) is 8.97. The first-order valence-electron chi connectivity index (χ1n) is 17.8. The Bertz CT molecular complexity index is 1300. The summed E-state index contributed by atoms with van der Waals surface area (Å²) in [4.78, 5) is 75.1. The summed E-state index contributed by atoms with van der Waals surface area (Å²) in [7, 11) is 0. The number of aliphatic imine (C=N–C) groups is 1. The van der Waals surface area contributed by atoms with Crippen LogP contribution in [0.25, 0.3) is 0 Å². The quantitative estimate of drug-likeness (QED) is 0.0252. The fraction of sp³-hybridized carbons (Fsp3) is 0.639. The molecule has 0 spiro atoms. The number of ketones is 2. The number of hydrogen-bond donors (Lipinski definition) is 6. The van der Waals surface area contributed by atoms with Gasteiger partial charge in [0, 0.05) is 54.7 Å². The van der Waals surface area contributed by atoms with Crippen LogP contribution in [0.4, 0.5) is 4.79 Å². The number of alkyl carbamates (subject to hydrolysis) is 1. The number of nitrogens with one attached hydrogen (secondary N) is 2. The standard InChI is InChI=1S/C36H56BrN5O9/c1-25(16-19-33(46)47)42-36(50)51-21-11-5-10-20-40-32(45)15-9-3-2-7-13-29(43)22-27(34(48)49)12-6-4-8-14-31(44)26-17-18-28(30(37)23-26)24-41-35(38)39/h17-18,23,25,27H,2-16,19-22,24H2,1H3,(H,40,45)(H,42,50)(H,46,47)(H,48,49)(H4,38,39,41)/t25-,27?/m1/s1/i37-3. The van der Waals surface area contributed by atoms with Crippen LogP contribution in [-0.2, 0) is 30.5 Å². The number of hydrogen-bond acceptors (Lipinski definition) is 8. The predicted molar refractivity (Wildman–Crippen MR) is 197 cm³/mol. The molecule has 1 aromatic carbocycles. The lowest BCUT2D eigenvalue weighted by Gasteiger charge is -2.12. The molecule has 0 saturated heterocycles. The summed E-state index contributed by atoms with van der Waals surface area (Å²) in [5.74, 6) is -2.74. The van der Waals surface area contributed by atoms with Gasteiger partial charge in [0.15, 0.2) is 11.7 Å². The highest BCUT2D eigenvalue weighted by Gasteiger charge is 2.21. The molecule has 8 N–H and O–H groups in total. The Morgan fingerprint density at radius 3 is 2.18 bits per heavy atom. The average Bonchev–Trinajstić information content (AvgIpc) is 3.06. The Morgan fingerprint density at radius 1 is 0.843 bits per heavy atom. The molecule has 0 aliphatic carbocycles. The number of unbranched alkanes of at least 4 members (excludes halogenated alkanes) is 7. The second-order valence-corrected chi connectivity index (χ2v) is 13.6. The number of guanidine groups is 1. The first-order chi connectivity index (χ1) is 24.3. The van der Waals surface area contributed by atoms with Gasteiger partial charge in [-0.2, -0.15) is 0 Å². The minimum absolute atomic E-state index is 0.00251. The van der Waals surface area contributed by atoms with Crippen LogP contribution in [-0.4, -0.2) is 70.9 Å². The zero-order valence-electron chi connectivity index (χ0n) is 29.8. The van der Waals surface area contributed by atoms with Gasteiger partial charge in [0.25, 0.3) is 0 Å². The van der Waals surface area contributed by atoms with Gasteiger partial charge < -0.3 is 37.1 Å². The predicted octanol–water partition coefficient (Wildman–Crippen LogP) is 5.62. The zero-order valence-corrected chi connectivity index (χ0v) is 31.3. The monoisotopic (exact) mass is 779 g/mol. The number of nitrogens with two attached hydrogens (primary N) is 2. The number of carboxylic acid groups (broad SMARTS) is 2. The van der Waals surface area contributed by atoms with E-state index in [1.165, 1.54) is 0 Å². The minimum Gasteiger partial charge on any atom is -0.481 e. The molecule has 2 amide bonds. The largest absolute Gasteiger partial charge is 0.481 e. The van der Waals surface area contributed by atoms with Gasteiger partial charge in [-0.05, 0) is 69.9 Å². The van der Waals surface area contributed by atoms with Gasteiger partial charge in [-0.15, -0.1) is 0 Å². The average molecular weight is 780 g/mol. The molecule has 286 valence electrons. The van der Waals surface area contributed by atoms with Crippen molar-refractivity contribution in [3.8, 4) is 0 Å². The zero-order chi connectivity index (χ0) is 38.0. The number of benzene rings is 1. The van der Waals surface area contributed by atoms with Crippen molar-refractivity contribution in [2.24, 2.45) is 22.4 Å². The number of rotatable bonds is 29. The molecule has 1 unspecified atom stereocenters. The maximum Gasteiger partial charge on any atom is 0.407 e. The Labute approximate surface area is 309 Å². The normalized spacial score (nSPS) is 12.0. The minimum atomic E-state index is -0.978. The van der Waals surface area contributed by atoms with E-state index in [1.54, 1.807) is 25.1 Å². The summed E-state index contributed by atoms with van der Waals surface area (Å²) in [5, 5.41) is 23.7. The first-order valence-corrected chi connectivity index (χ1v) is 18.6. The van der Waals surface area contributed by atoms with Gasteiger partial charge in [0.05, 0.1) is 19.1 Å². The molecular weight excluding hydrogens is 723 g/mol. The highest BCUT2D eigenvalue weighted by Crippen LogP contribution is 2.22. The number of halogens is 1. The van der Waals surface area contributed by atoms with Crippen LogP contribution >= 0.6 is 15.9 Å². The summed E-state index contributed by atoms with van der Waals surface area (Å²) in [6.45, 7) is 2.80. The Kier molecular flexibility index (Phi) is 23.6. The molecule has 0 aromatic heterocycles. The number of amides is 2. The molecule has 0 aliphatic heterocycles. The summed E-state index contributed by atoms with van der Waals surface area (Å²) in [5.41, 5.74) is 12.2. The lowest BCUT2D eigenvalue weighted by Crippen LogP contribution is -2.33. The van der Waals surface area contributed by atoms with Crippen molar-refractivity contribution in [3.05, 3.63) is 33.8 Å². The topological polar surface area (TPSA) is 241 Å². The second kappa shape index (κ2) is 26.8. The van der Waals surface area contributed by atoms with E-state index in [0.29, 0.717) is 89.3 Å². The number of carbonyl (C=O) groups is 6. The molecule has 1 aromatic rings. The van der Waals surface area contributed by atoms with Gasteiger partial charge in [-0.25, -0.2) is 9.79 Å². The lowest BCUT2D eigenvalue weighted by atomic mass is 9.93. The van der Waals surface area contributed by atoms with Crippen LogP contribution in [0.15, 0.2) is 27.7 Å². The van der Waals surface area contributed by atoms with E-state index in [9.17, 15) is 33.9 Å². The first kappa shape index (κ1) is 45.0. The van der Waals surface area contributed by atoms with Gasteiger partial charge in [-0.3, -0.25) is 24.0 Å². The molecule has 15 heteroatoms. The number of ether oxygens (including phenoxy) is 1. The molecule has 51 heavy (non-hydrogen) atoms. The molecule has 0 heterocycles. The molecule has 0 saturated carbocycles. The SMILES string of the molecule is C[C@H](CCC(=O)O)NC(=O)OCCCCCNC(=O)CCCCCCC(=O)CC(CCCCCC(=O)c1ccc(CN=C(N)N)c([77Br])c1)C(=O)O. The summed E-state index contributed by atoms with van der Waals surface area (Å²) < 4.78 is 5.83. The molecule has 0 radical (unpaired) electrons. The van der Waals surface area contributed by atoms with Crippen LogP contribution in [0, 0.1) is 5.92 Å². The van der Waals surface area contributed by atoms with Gasteiger partial charge >= 0.3 is 18.0 Å². The Balaban J connectivity index is 2.10. The third-order valence-electron chi connectivity index (χ3n) is 8.23. The van der Waals surface area contributed by atoms with E-state index in [2.05, 4.69) is 31.6 Å². The van der Waals surface area contributed by atoms with Crippen molar-refractivity contribution < 1.29 is 43.7 Å². The molecule has 2 atom stereocenters. The van der Waals surface area contributed by atoms with Crippen molar-refractivity contribution in [2.75, 3.05) is 13.2 Å².